The molecule has 0 saturated heterocycles. The fourth-order valence-electron chi connectivity index (χ4n) is 2.79. The molecular weight excluding hydrogens is 224 g/mol. The second kappa shape index (κ2) is 4.93. The van der Waals surface area contributed by atoms with Gasteiger partial charge >= 0.3 is 0 Å². The molecule has 1 aliphatic heterocycles. The third kappa shape index (κ3) is 2.69. The number of fused-ring (bicyclic) bond motifs is 1. The molecule has 2 rings (SSSR count). The molecule has 100 valence electrons. The van der Waals surface area contributed by atoms with Gasteiger partial charge in [0.05, 0.1) is 0 Å². The minimum atomic E-state index is -0.133. The molecule has 0 aromatic heterocycles. The van der Waals surface area contributed by atoms with Crippen LogP contribution in [0.2, 0.25) is 0 Å². The number of rotatable bonds is 3. The van der Waals surface area contributed by atoms with Gasteiger partial charge in [0, 0.05) is 6.61 Å². The van der Waals surface area contributed by atoms with Crippen molar-refractivity contribution in [1.82, 2.24) is 0 Å². The highest BCUT2D eigenvalue weighted by atomic mass is 16.5. The molecule has 18 heavy (non-hydrogen) atoms. The first-order chi connectivity index (χ1) is 8.43. The highest BCUT2D eigenvalue weighted by Crippen LogP contribution is 2.43. The number of hydrogen-bond donors (Lipinski definition) is 1. The van der Waals surface area contributed by atoms with Gasteiger partial charge in [0.2, 0.25) is 0 Å². The zero-order chi connectivity index (χ0) is 13.3. The van der Waals surface area contributed by atoms with Crippen molar-refractivity contribution >= 4 is 0 Å². The predicted molar refractivity (Wildman–Crippen MR) is 74.3 cm³/mol. The molecule has 0 amide bonds. The summed E-state index contributed by atoms with van der Waals surface area (Å²) in [4.78, 5) is 0. The lowest BCUT2D eigenvalue weighted by Gasteiger charge is -2.38. The van der Waals surface area contributed by atoms with Gasteiger partial charge in [-0.1, -0.05) is 26.0 Å². The van der Waals surface area contributed by atoms with Crippen LogP contribution in [0.15, 0.2) is 18.2 Å². The van der Waals surface area contributed by atoms with Crippen LogP contribution in [-0.2, 0) is 0 Å². The molecule has 2 nitrogen and oxygen atoms in total. The molecule has 0 spiro atoms. The summed E-state index contributed by atoms with van der Waals surface area (Å²) in [5.41, 5.74) is 2.49. The van der Waals surface area contributed by atoms with Crippen LogP contribution in [0.5, 0.6) is 5.75 Å². The maximum Gasteiger partial charge on any atom is 0.123 e. The largest absolute Gasteiger partial charge is 0.488 e. The van der Waals surface area contributed by atoms with Crippen molar-refractivity contribution in [2.24, 2.45) is 0 Å². The Labute approximate surface area is 110 Å². The molecule has 1 unspecified atom stereocenters. The fourth-order valence-corrected chi connectivity index (χ4v) is 2.79. The van der Waals surface area contributed by atoms with Crippen molar-refractivity contribution in [2.75, 3.05) is 6.61 Å². The van der Waals surface area contributed by atoms with Gasteiger partial charge in [-0.15, -0.1) is 0 Å². The first-order valence-corrected chi connectivity index (χ1v) is 6.86. The van der Waals surface area contributed by atoms with Crippen LogP contribution in [0, 0.1) is 0 Å². The van der Waals surface area contributed by atoms with E-state index in [2.05, 4.69) is 45.9 Å². The highest BCUT2D eigenvalue weighted by Gasteiger charge is 2.33. The van der Waals surface area contributed by atoms with Crippen molar-refractivity contribution in [3.63, 3.8) is 0 Å². The third-order valence-corrected chi connectivity index (χ3v) is 3.74. The van der Waals surface area contributed by atoms with E-state index < -0.39 is 0 Å². The Morgan fingerprint density at radius 2 is 2.11 bits per heavy atom. The normalized spacial score (nSPS) is 21.6. The summed E-state index contributed by atoms with van der Waals surface area (Å²) in [5.74, 6) is 1.93. The second-order valence-electron chi connectivity index (χ2n) is 6.23. The predicted octanol–water partition coefficient (Wildman–Crippen LogP) is 3.84. The average Bonchev–Trinajstić information content (AvgIpc) is 2.27. The average molecular weight is 248 g/mol. The van der Waals surface area contributed by atoms with Gasteiger partial charge in [-0.2, -0.15) is 0 Å². The Kier molecular flexibility index (Phi) is 3.67. The van der Waals surface area contributed by atoms with Crippen LogP contribution in [-0.4, -0.2) is 17.3 Å². The van der Waals surface area contributed by atoms with Gasteiger partial charge < -0.3 is 9.84 Å². The molecule has 1 aliphatic rings. The topological polar surface area (TPSA) is 29.5 Å². The van der Waals surface area contributed by atoms with Crippen molar-refractivity contribution in [3.8, 4) is 5.75 Å². The Hall–Kier alpha value is -1.02. The Morgan fingerprint density at radius 3 is 2.72 bits per heavy atom. The lowest BCUT2D eigenvalue weighted by Crippen LogP contribution is -2.35. The minimum absolute atomic E-state index is 0.133. The molecule has 1 heterocycles. The maximum absolute atomic E-state index is 9.25. The molecule has 1 atom stereocenters. The quantitative estimate of drug-likeness (QED) is 0.880. The van der Waals surface area contributed by atoms with Gasteiger partial charge in [-0.3, -0.25) is 0 Å². The minimum Gasteiger partial charge on any atom is -0.488 e. The molecule has 1 aromatic carbocycles. The molecule has 1 N–H and O–H groups in total. The molecule has 1 aromatic rings. The number of benzene rings is 1. The van der Waals surface area contributed by atoms with E-state index in [1.165, 1.54) is 11.1 Å². The summed E-state index contributed by atoms with van der Waals surface area (Å²) in [6.07, 6.45) is 1.80. The molecule has 0 fully saturated rings. The van der Waals surface area contributed by atoms with E-state index in [4.69, 9.17) is 4.74 Å². The highest BCUT2D eigenvalue weighted by molar-refractivity contribution is 5.43. The van der Waals surface area contributed by atoms with Crippen LogP contribution in [0.1, 0.15) is 63.5 Å². The van der Waals surface area contributed by atoms with Crippen LogP contribution < -0.4 is 4.74 Å². The summed E-state index contributed by atoms with van der Waals surface area (Å²) in [6, 6.07) is 6.51. The summed E-state index contributed by atoms with van der Waals surface area (Å²) in [6.45, 7) is 8.90. The lowest BCUT2D eigenvalue weighted by molar-refractivity contribution is 0.0671. The summed E-state index contributed by atoms with van der Waals surface area (Å²) >= 11 is 0. The van der Waals surface area contributed by atoms with Crippen molar-refractivity contribution in [2.45, 2.75) is 58.0 Å². The van der Waals surface area contributed by atoms with Crippen LogP contribution in [0.25, 0.3) is 0 Å². The third-order valence-electron chi connectivity index (χ3n) is 3.74. The van der Waals surface area contributed by atoms with E-state index in [1.54, 1.807) is 0 Å². The summed E-state index contributed by atoms with van der Waals surface area (Å²) in [7, 11) is 0. The second-order valence-corrected chi connectivity index (χ2v) is 6.23. The number of aliphatic hydroxyl groups excluding tert-OH is 1. The van der Waals surface area contributed by atoms with Crippen LogP contribution >= 0.6 is 0 Å². The standard InChI is InChI=1S/C16H24O2/c1-11(2)12-5-6-15-14(9-12)13(7-8-17)10-16(3,4)18-15/h5-6,9,11,13,17H,7-8,10H2,1-4H3. The zero-order valence-electron chi connectivity index (χ0n) is 11.9. The number of aliphatic hydroxyl groups is 1. The Morgan fingerprint density at radius 1 is 1.39 bits per heavy atom. The van der Waals surface area contributed by atoms with Gasteiger partial charge in [0.25, 0.3) is 0 Å². The molecule has 0 aliphatic carbocycles. The molecule has 0 bridgehead atoms. The molecule has 2 heteroatoms. The maximum atomic E-state index is 9.25. The van der Waals surface area contributed by atoms with Crippen molar-refractivity contribution in [1.29, 1.82) is 0 Å². The van der Waals surface area contributed by atoms with Crippen LogP contribution in [0.4, 0.5) is 0 Å². The fraction of sp³-hybridized carbons (Fsp3) is 0.625. The number of hydrogen-bond acceptors (Lipinski definition) is 2. The van der Waals surface area contributed by atoms with Crippen LogP contribution in [0.3, 0.4) is 0 Å². The van der Waals surface area contributed by atoms with Gasteiger partial charge in [-0.05, 0) is 55.7 Å². The summed E-state index contributed by atoms with van der Waals surface area (Å²) in [5, 5.41) is 9.25. The van der Waals surface area contributed by atoms with E-state index >= 15 is 0 Å². The van der Waals surface area contributed by atoms with E-state index in [1.807, 2.05) is 0 Å². The molecular formula is C16H24O2. The lowest BCUT2D eigenvalue weighted by atomic mass is 9.81. The smallest absolute Gasteiger partial charge is 0.123 e. The van der Waals surface area contributed by atoms with E-state index in [0.717, 1.165) is 18.6 Å². The Bertz CT molecular complexity index is 421. The van der Waals surface area contributed by atoms with E-state index in [0.29, 0.717) is 11.8 Å². The van der Waals surface area contributed by atoms with Crippen molar-refractivity contribution in [3.05, 3.63) is 29.3 Å². The zero-order valence-corrected chi connectivity index (χ0v) is 11.9. The van der Waals surface area contributed by atoms with Gasteiger partial charge in [0.15, 0.2) is 0 Å². The SMILES string of the molecule is CC(C)c1ccc2c(c1)C(CCO)CC(C)(C)O2. The number of ether oxygens (including phenoxy) is 1. The Balaban J connectivity index is 2.40. The van der Waals surface area contributed by atoms with Gasteiger partial charge in [0.1, 0.15) is 11.4 Å². The summed E-state index contributed by atoms with van der Waals surface area (Å²) < 4.78 is 6.05. The first-order valence-electron chi connectivity index (χ1n) is 6.86. The van der Waals surface area contributed by atoms with Crippen molar-refractivity contribution < 1.29 is 9.84 Å². The monoisotopic (exact) mass is 248 g/mol. The van der Waals surface area contributed by atoms with E-state index in [9.17, 15) is 5.11 Å². The first kappa shape index (κ1) is 13.4. The molecule has 0 radical (unpaired) electrons. The molecule has 0 saturated carbocycles. The van der Waals surface area contributed by atoms with Gasteiger partial charge in [-0.25, -0.2) is 0 Å². The van der Waals surface area contributed by atoms with E-state index in [-0.39, 0.29) is 12.2 Å².